The largest absolute Gasteiger partial charge is 0.306 e. The van der Waals surface area contributed by atoms with Gasteiger partial charge in [0.1, 0.15) is 5.54 Å². The summed E-state index contributed by atoms with van der Waals surface area (Å²) >= 11 is 0. The maximum Gasteiger partial charge on any atom is 0.253 e. The smallest absolute Gasteiger partial charge is 0.253 e. The zero-order chi connectivity index (χ0) is 21.2. The Kier molecular flexibility index (Phi) is 3.98. The second-order valence-electron chi connectivity index (χ2n) is 8.46. The summed E-state index contributed by atoms with van der Waals surface area (Å²) in [6.45, 7) is 8.08. The van der Waals surface area contributed by atoms with Crippen molar-refractivity contribution in [2.75, 3.05) is 16.3 Å². The first-order valence-corrected chi connectivity index (χ1v) is 10.1. The molecule has 0 bridgehead atoms. The highest BCUT2D eigenvalue weighted by Gasteiger charge is 2.71. The lowest BCUT2D eigenvalue weighted by atomic mass is 9.76. The number of anilines is 2. The molecule has 6 heteroatoms. The van der Waals surface area contributed by atoms with Crippen molar-refractivity contribution in [3.63, 3.8) is 0 Å². The molecule has 4 atom stereocenters. The van der Waals surface area contributed by atoms with E-state index in [1.165, 1.54) is 4.90 Å². The molecule has 0 aromatic heterocycles. The Hall–Kier alpha value is -3.25. The van der Waals surface area contributed by atoms with Crippen LogP contribution in [0.2, 0.25) is 0 Å². The minimum atomic E-state index is -1.24. The van der Waals surface area contributed by atoms with Crippen LogP contribution in [0.15, 0.2) is 66.7 Å². The minimum Gasteiger partial charge on any atom is -0.306 e. The quantitative estimate of drug-likeness (QED) is 0.634. The summed E-state index contributed by atoms with van der Waals surface area (Å²) < 4.78 is 0. The average Bonchev–Trinajstić information content (AvgIpc) is 3.27. The first-order valence-electron chi connectivity index (χ1n) is 10.1. The molecular weight excluding hydrogens is 378 g/mol. The standard InChI is InChI=1S/C24H23N3O3/c1-14(2)13-26-18-12-8-7-11-17(18)24(23(26)30)20-19(15(3)25-24)21(28)27(22(20)29)16-9-5-4-6-10-16/h4-12,15,19-20,25H,1,13H2,2-3H3/t15-,19+,20-,24+/m1/s1. The number of benzene rings is 2. The zero-order valence-corrected chi connectivity index (χ0v) is 17.0. The molecule has 6 nitrogen and oxygen atoms in total. The summed E-state index contributed by atoms with van der Waals surface area (Å²) in [4.78, 5) is 43.8. The number of amides is 3. The first-order chi connectivity index (χ1) is 14.4. The number of hydrogen-bond donors (Lipinski definition) is 1. The second kappa shape index (κ2) is 6.37. The molecule has 3 aliphatic rings. The molecule has 3 amide bonds. The van der Waals surface area contributed by atoms with Gasteiger partial charge in [-0.2, -0.15) is 0 Å². The SMILES string of the molecule is C=C(C)CN1C(=O)[C@]2(N[C@H](C)[C@@H]3C(=O)N(c4ccccc4)C(=O)[C@@H]32)c2ccccc21. The normalized spacial score (nSPS) is 29.7. The fourth-order valence-corrected chi connectivity index (χ4v) is 5.37. The molecule has 30 heavy (non-hydrogen) atoms. The molecule has 2 aromatic rings. The van der Waals surface area contributed by atoms with Crippen molar-refractivity contribution in [3.05, 3.63) is 72.3 Å². The van der Waals surface area contributed by atoms with E-state index in [2.05, 4.69) is 11.9 Å². The minimum absolute atomic E-state index is 0.192. The summed E-state index contributed by atoms with van der Waals surface area (Å²) in [7, 11) is 0. The maximum atomic E-state index is 13.8. The van der Waals surface area contributed by atoms with Gasteiger partial charge in [0, 0.05) is 23.8 Å². The highest BCUT2D eigenvalue weighted by atomic mass is 16.2. The third-order valence-electron chi connectivity index (χ3n) is 6.46. The lowest BCUT2D eigenvalue weighted by molar-refractivity contribution is -0.132. The zero-order valence-electron chi connectivity index (χ0n) is 17.0. The maximum absolute atomic E-state index is 13.8. The Morgan fingerprint density at radius 1 is 1.03 bits per heavy atom. The molecule has 2 fully saturated rings. The number of carbonyl (C=O) groups is 3. The van der Waals surface area contributed by atoms with Crippen molar-refractivity contribution in [2.24, 2.45) is 11.8 Å². The fraction of sp³-hybridized carbons (Fsp3) is 0.292. The Balaban J connectivity index is 1.67. The lowest BCUT2D eigenvalue weighted by Crippen LogP contribution is -2.55. The van der Waals surface area contributed by atoms with E-state index in [1.807, 2.05) is 44.2 Å². The Morgan fingerprint density at radius 3 is 2.40 bits per heavy atom. The Morgan fingerprint density at radius 2 is 1.70 bits per heavy atom. The first kappa shape index (κ1) is 18.8. The van der Waals surface area contributed by atoms with Crippen molar-refractivity contribution < 1.29 is 14.4 Å². The molecule has 2 saturated heterocycles. The molecular formula is C24H23N3O3. The van der Waals surface area contributed by atoms with Gasteiger partial charge >= 0.3 is 0 Å². The molecule has 0 aliphatic carbocycles. The molecule has 0 saturated carbocycles. The van der Waals surface area contributed by atoms with E-state index < -0.39 is 17.4 Å². The molecule has 0 radical (unpaired) electrons. The molecule has 3 aliphatic heterocycles. The number of para-hydroxylation sites is 2. The average molecular weight is 401 g/mol. The number of hydrogen-bond acceptors (Lipinski definition) is 4. The summed E-state index contributed by atoms with van der Waals surface area (Å²) in [5.74, 6) is -2.16. The van der Waals surface area contributed by atoms with Crippen molar-refractivity contribution in [1.29, 1.82) is 0 Å². The number of nitrogens with zero attached hydrogens (tertiary/aromatic N) is 2. The van der Waals surface area contributed by atoms with Crippen LogP contribution < -0.4 is 15.1 Å². The van der Waals surface area contributed by atoms with Gasteiger partial charge in [0.2, 0.25) is 11.8 Å². The van der Waals surface area contributed by atoms with Crippen molar-refractivity contribution in [2.45, 2.75) is 25.4 Å². The molecule has 2 aromatic carbocycles. The van der Waals surface area contributed by atoms with E-state index in [0.29, 0.717) is 12.2 Å². The Bertz CT molecular complexity index is 1100. The van der Waals surface area contributed by atoms with E-state index >= 15 is 0 Å². The van der Waals surface area contributed by atoms with E-state index in [1.54, 1.807) is 29.2 Å². The number of rotatable bonds is 3. The second-order valence-corrected chi connectivity index (χ2v) is 8.46. The lowest BCUT2D eigenvalue weighted by Gasteiger charge is -2.30. The number of fused-ring (bicyclic) bond motifs is 4. The fourth-order valence-electron chi connectivity index (χ4n) is 5.37. The van der Waals surface area contributed by atoms with Crippen LogP contribution in [-0.4, -0.2) is 30.3 Å². The van der Waals surface area contributed by atoms with Gasteiger partial charge in [-0.1, -0.05) is 48.6 Å². The number of imide groups is 1. The van der Waals surface area contributed by atoms with E-state index in [0.717, 1.165) is 16.8 Å². The highest BCUT2D eigenvalue weighted by molar-refractivity contribution is 6.26. The Labute approximate surface area is 175 Å². The van der Waals surface area contributed by atoms with Gasteiger partial charge in [0.05, 0.1) is 17.5 Å². The predicted molar refractivity (Wildman–Crippen MR) is 114 cm³/mol. The van der Waals surface area contributed by atoms with Crippen molar-refractivity contribution >= 4 is 29.1 Å². The topological polar surface area (TPSA) is 69.7 Å². The van der Waals surface area contributed by atoms with Crippen LogP contribution in [0.25, 0.3) is 0 Å². The van der Waals surface area contributed by atoms with Gasteiger partial charge in [-0.05, 0) is 32.0 Å². The van der Waals surface area contributed by atoms with E-state index in [-0.39, 0.29) is 23.8 Å². The van der Waals surface area contributed by atoms with Gasteiger partial charge in [-0.25, -0.2) is 4.90 Å². The monoisotopic (exact) mass is 401 g/mol. The van der Waals surface area contributed by atoms with Crippen molar-refractivity contribution in [1.82, 2.24) is 5.32 Å². The van der Waals surface area contributed by atoms with E-state index in [9.17, 15) is 14.4 Å². The van der Waals surface area contributed by atoms with E-state index in [4.69, 9.17) is 0 Å². The van der Waals surface area contributed by atoms with Crippen LogP contribution in [-0.2, 0) is 19.9 Å². The molecule has 1 N–H and O–H groups in total. The number of nitrogens with one attached hydrogen (secondary N) is 1. The predicted octanol–water partition coefficient (Wildman–Crippen LogP) is 2.60. The summed E-state index contributed by atoms with van der Waals surface area (Å²) in [5.41, 5.74) is 1.67. The van der Waals surface area contributed by atoms with Crippen molar-refractivity contribution in [3.8, 4) is 0 Å². The van der Waals surface area contributed by atoms with Crippen LogP contribution in [0.5, 0.6) is 0 Å². The summed E-state index contributed by atoms with van der Waals surface area (Å²) in [6.07, 6.45) is 0. The van der Waals surface area contributed by atoms with Crippen LogP contribution in [0.1, 0.15) is 19.4 Å². The summed E-state index contributed by atoms with van der Waals surface area (Å²) in [5, 5.41) is 3.38. The van der Waals surface area contributed by atoms with Gasteiger partial charge in [-0.3, -0.25) is 19.7 Å². The molecule has 0 unspecified atom stereocenters. The third-order valence-corrected chi connectivity index (χ3v) is 6.46. The molecule has 5 rings (SSSR count). The van der Waals surface area contributed by atoms with Gasteiger partial charge in [0.15, 0.2) is 0 Å². The molecule has 3 heterocycles. The van der Waals surface area contributed by atoms with Crippen LogP contribution in [0.3, 0.4) is 0 Å². The van der Waals surface area contributed by atoms with Gasteiger partial charge < -0.3 is 4.90 Å². The van der Waals surface area contributed by atoms with Crippen LogP contribution >= 0.6 is 0 Å². The molecule has 1 spiro atoms. The van der Waals surface area contributed by atoms with Gasteiger partial charge in [0.25, 0.3) is 5.91 Å². The molecule has 152 valence electrons. The van der Waals surface area contributed by atoms with Gasteiger partial charge in [-0.15, -0.1) is 0 Å². The highest BCUT2D eigenvalue weighted by Crippen LogP contribution is 2.55. The summed E-state index contributed by atoms with van der Waals surface area (Å²) in [6, 6.07) is 16.1. The third kappa shape index (κ3) is 2.25. The number of carbonyl (C=O) groups excluding carboxylic acids is 3. The van der Waals surface area contributed by atoms with Crippen LogP contribution in [0, 0.1) is 11.8 Å². The van der Waals surface area contributed by atoms with Crippen LogP contribution in [0.4, 0.5) is 11.4 Å².